The van der Waals surface area contributed by atoms with Crippen LogP contribution in [0.5, 0.6) is 0 Å². The molecule has 0 radical (unpaired) electrons. The Bertz CT molecular complexity index is 291. The number of hydrogen-bond donors (Lipinski definition) is 0. The lowest BCUT2D eigenvalue weighted by Crippen LogP contribution is -2.07. The average Bonchev–Trinajstić information content (AvgIpc) is 1.92. The van der Waals surface area contributed by atoms with E-state index in [0.717, 1.165) is 6.07 Å². The van der Waals surface area contributed by atoms with Crippen molar-refractivity contribution in [2.45, 2.75) is 13.1 Å². The van der Waals surface area contributed by atoms with Crippen molar-refractivity contribution < 1.29 is 13.2 Å². The van der Waals surface area contributed by atoms with E-state index in [-0.39, 0.29) is 5.56 Å². The van der Waals surface area contributed by atoms with Gasteiger partial charge in [-0.25, -0.2) is 0 Å². The van der Waals surface area contributed by atoms with Crippen molar-refractivity contribution in [3.63, 3.8) is 0 Å². The molecule has 12 heavy (non-hydrogen) atoms. The van der Waals surface area contributed by atoms with E-state index in [1.54, 1.807) is 6.07 Å². The molecule has 4 heteroatoms. The molecule has 0 saturated heterocycles. The molecule has 0 saturated carbocycles. The molecule has 0 N–H and O–H groups in total. The topological polar surface area (TPSA) is 0 Å². The Kier molecular flexibility index (Phi) is 2.65. The SMILES string of the molecule is Cc1ccc(I)cc1C(F)(F)F. The van der Waals surface area contributed by atoms with Crippen LogP contribution in [0.15, 0.2) is 18.2 Å². The molecule has 0 aliphatic carbocycles. The highest BCUT2D eigenvalue weighted by Crippen LogP contribution is 2.32. The molecular formula is C8H6F3I. The maximum atomic E-state index is 12.2. The summed E-state index contributed by atoms with van der Waals surface area (Å²) >= 11 is 1.86. The third-order valence-electron chi connectivity index (χ3n) is 1.51. The maximum absolute atomic E-state index is 12.2. The lowest BCUT2D eigenvalue weighted by molar-refractivity contribution is -0.138. The Labute approximate surface area is 81.9 Å². The van der Waals surface area contributed by atoms with E-state index in [1.807, 2.05) is 22.6 Å². The molecule has 0 aromatic heterocycles. The van der Waals surface area contributed by atoms with Crippen LogP contribution in [0.3, 0.4) is 0 Å². The normalized spacial score (nSPS) is 11.8. The number of alkyl halides is 3. The van der Waals surface area contributed by atoms with Crippen LogP contribution in [0.2, 0.25) is 0 Å². The first-order valence-corrected chi connectivity index (χ1v) is 4.32. The van der Waals surface area contributed by atoms with Crippen molar-refractivity contribution >= 4 is 22.6 Å². The predicted molar refractivity (Wildman–Crippen MR) is 48.9 cm³/mol. The summed E-state index contributed by atoms with van der Waals surface area (Å²) in [5, 5.41) is 0. The highest BCUT2D eigenvalue weighted by molar-refractivity contribution is 14.1. The zero-order chi connectivity index (χ0) is 9.35. The quantitative estimate of drug-likeness (QED) is 0.639. The number of halogens is 4. The third-order valence-corrected chi connectivity index (χ3v) is 2.18. The summed E-state index contributed by atoms with van der Waals surface area (Å²) in [7, 11) is 0. The summed E-state index contributed by atoms with van der Waals surface area (Å²) in [5.74, 6) is 0. The summed E-state index contributed by atoms with van der Waals surface area (Å²) < 4.78 is 37.3. The van der Waals surface area contributed by atoms with Gasteiger partial charge in [-0.3, -0.25) is 0 Å². The van der Waals surface area contributed by atoms with Crippen LogP contribution in [0.25, 0.3) is 0 Å². The first-order chi connectivity index (χ1) is 5.41. The molecule has 0 amide bonds. The highest BCUT2D eigenvalue weighted by Gasteiger charge is 2.32. The van der Waals surface area contributed by atoms with Gasteiger partial charge in [-0.2, -0.15) is 13.2 Å². The Morgan fingerprint density at radius 3 is 2.25 bits per heavy atom. The summed E-state index contributed by atoms with van der Waals surface area (Å²) in [6.45, 7) is 1.46. The second-order valence-corrected chi connectivity index (χ2v) is 3.70. The molecule has 1 rings (SSSR count). The molecule has 0 atom stereocenters. The molecule has 0 unspecified atom stereocenters. The summed E-state index contributed by atoms with van der Waals surface area (Å²) in [4.78, 5) is 0. The predicted octanol–water partition coefficient (Wildman–Crippen LogP) is 3.62. The number of hydrogen-bond acceptors (Lipinski definition) is 0. The van der Waals surface area contributed by atoms with Crippen molar-refractivity contribution in [1.82, 2.24) is 0 Å². The van der Waals surface area contributed by atoms with Crippen LogP contribution in [0.1, 0.15) is 11.1 Å². The van der Waals surface area contributed by atoms with Crippen LogP contribution in [-0.2, 0) is 6.18 Å². The molecule has 0 fully saturated rings. The monoisotopic (exact) mass is 286 g/mol. The molecule has 0 heterocycles. The minimum atomic E-state index is -4.23. The van der Waals surface area contributed by atoms with Crippen LogP contribution >= 0.6 is 22.6 Å². The summed E-state index contributed by atoms with van der Waals surface area (Å²) in [5.41, 5.74) is -0.280. The van der Waals surface area contributed by atoms with Crippen molar-refractivity contribution in [2.24, 2.45) is 0 Å². The van der Waals surface area contributed by atoms with Gasteiger partial charge in [-0.15, -0.1) is 0 Å². The first kappa shape index (κ1) is 9.83. The average molecular weight is 286 g/mol. The first-order valence-electron chi connectivity index (χ1n) is 3.24. The molecule has 0 aliphatic rings. The molecule has 0 bridgehead atoms. The van der Waals surface area contributed by atoms with Gasteiger partial charge in [0.1, 0.15) is 0 Å². The molecule has 0 aliphatic heterocycles. The zero-order valence-corrected chi connectivity index (χ0v) is 8.40. The lowest BCUT2D eigenvalue weighted by Gasteiger charge is -2.09. The Morgan fingerprint density at radius 1 is 1.25 bits per heavy atom. The summed E-state index contributed by atoms with van der Waals surface area (Å²) in [6, 6.07) is 4.28. The standard InChI is InChI=1S/C8H6F3I/c1-5-2-3-6(12)4-7(5)8(9,10)11/h2-4H,1H3. The van der Waals surface area contributed by atoms with Gasteiger partial charge in [0.25, 0.3) is 0 Å². The van der Waals surface area contributed by atoms with E-state index in [0.29, 0.717) is 3.57 Å². The fourth-order valence-corrected chi connectivity index (χ4v) is 1.39. The van der Waals surface area contributed by atoms with E-state index >= 15 is 0 Å². The van der Waals surface area contributed by atoms with Crippen LogP contribution < -0.4 is 0 Å². The minimum Gasteiger partial charge on any atom is -0.166 e. The van der Waals surface area contributed by atoms with Crippen molar-refractivity contribution in [2.75, 3.05) is 0 Å². The largest absolute Gasteiger partial charge is 0.416 e. The Morgan fingerprint density at radius 2 is 1.83 bits per heavy atom. The van der Waals surface area contributed by atoms with E-state index < -0.39 is 11.7 Å². The highest BCUT2D eigenvalue weighted by atomic mass is 127. The summed E-state index contributed by atoms with van der Waals surface area (Å²) in [6.07, 6.45) is -4.23. The smallest absolute Gasteiger partial charge is 0.166 e. The van der Waals surface area contributed by atoms with E-state index in [1.165, 1.54) is 13.0 Å². The van der Waals surface area contributed by atoms with Gasteiger partial charge in [0.15, 0.2) is 0 Å². The van der Waals surface area contributed by atoms with Gasteiger partial charge in [0.05, 0.1) is 5.56 Å². The third kappa shape index (κ3) is 2.12. The number of rotatable bonds is 0. The molecular weight excluding hydrogens is 280 g/mol. The number of aryl methyl sites for hydroxylation is 1. The van der Waals surface area contributed by atoms with Crippen molar-refractivity contribution in [1.29, 1.82) is 0 Å². The molecule has 0 nitrogen and oxygen atoms in total. The van der Waals surface area contributed by atoms with E-state index in [4.69, 9.17) is 0 Å². The van der Waals surface area contributed by atoms with Gasteiger partial charge in [0, 0.05) is 3.57 Å². The maximum Gasteiger partial charge on any atom is 0.416 e. The fourth-order valence-electron chi connectivity index (χ4n) is 0.900. The van der Waals surface area contributed by atoms with Gasteiger partial charge < -0.3 is 0 Å². The second-order valence-electron chi connectivity index (χ2n) is 2.46. The molecule has 66 valence electrons. The zero-order valence-electron chi connectivity index (χ0n) is 6.24. The molecule has 1 aromatic rings. The Balaban J connectivity index is 3.23. The second kappa shape index (κ2) is 3.24. The van der Waals surface area contributed by atoms with Gasteiger partial charge in [0.2, 0.25) is 0 Å². The van der Waals surface area contributed by atoms with Gasteiger partial charge in [-0.1, -0.05) is 6.07 Å². The van der Waals surface area contributed by atoms with Crippen molar-refractivity contribution in [3.8, 4) is 0 Å². The van der Waals surface area contributed by atoms with Gasteiger partial charge in [-0.05, 0) is 47.2 Å². The van der Waals surface area contributed by atoms with Crippen LogP contribution in [0, 0.1) is 10.5 Å². The molecule has 0 spiro atoms. The van der Waals surface area contributed by atoms with E-state index in [9.17, 15) is 13.2 Å². The number of benzene rings is 1. The fraction of sp³-hybridized carbons (Fsp3) is 0.250. The van der Waals surface area contributed by atoms with Gasteiger partial charge >= 0.3 is 6.18 Å². The van der Waals surface area contributed by atoms with Crippen molar-refractivity contribution in [3.05, 3.63) is 32.9 Å². The Hall–Kier alpha value is -0.260. The lowest BCUT2D eigenvalue weighted by atomic mass is 10.1. The van der Waals surface area contributed by atoms with Crippen LogP contribution in [0.4, 0.5) is 13.2 Å². The van der Waals surface area contributed by atoms with E-state index in [2.05, 4.69) is 0 Å². The molecule has 1 aromatic carbocycles. The minimum absolute atomic E-state index is 0.267. The van der Waals surface area contributed by atoms with Crippen LogP contribution in [-0.4, -0.2) is 0 Å².